The first kappa shape index (κ1) is 14.2. The molecule has 0 saturated heterocycles. The monoisotopic (exact) mass is 281 g/mol. The molecule has 0 spiro atoms. The van der Waals surface area contributed by atoms with Gasteiger partial charge in [0.2, 0.25) is 0 Å². The Morgan fingerprint density at radius 2 is 2.00 bits per heavy atom. The number of fused-ring (bicyclic) bond motifs is 1. The molecule has 0 amide bonds. The molecule has 0 bridgehead atoms. The lowest BCUT2D eigenvalue weighted by Gasteiger charge is -2.20. The number of hydrogen-bond donors (Lipinski definition) is 1. The van der Waals surface area contributed by atoms with Crippen LogP contribution in [0.25, 0.3) is 0 Å². The number of rotatable bonds is 4. The minimum absolute atomic E-state index is 0.879. The molecule has 3 heteroatoms. The number of aryl methyl sites for hydroxylation is 1. The number of nitrogens with zero attached hydrogens (tertiary/aromatic N) is 2. The molecule has 1 aromatic carbocycles. The van der Waals surface area contributed by atoms with Gasteiger partial charge in [-0.25, -0.2) is 0 Å². The first-order valence-electron chi connectivity index (χ1n) is 7.72. The summed E-state index contributed by atoms with van der Waals surface area (Å²) in [5.41, 5.74) is 5.39. The van der Waals surface area contributed by atoms with Crippen molar-refractivity contribution >= 4 is 0 Å². The quantitative estimate of drug-likeness (QED) is 0.934. The van der Waals surface area contributed by atoms with E-state index in [4.69, 9.17) is 0 Å². The molecule has 0 fully saturated rings. The highest BCUT2D eigenvalue weighted by Crippen LogP contribution is 2.19. The van der Waals surface area contributed by atoms with Gasteiger partial charge in [-0.2, -0.15) is 0 Å². The second-order valence-electron chi connectivity index (χ2n) is 5.77. The summed E-state index contributed by atoms with van der Waals surface area (Å²) in [5.74, 6) is 0. The minimum Gasteiger partial charge on any atom is -0.316 e. The van der Waals surface area contributed by atoms with Gasteiger partial charge in [-0.15, -0.1) is 0 Å². The fourth-order valence-electron chi connectivity index (χ4n) is 2.99. The molecule has 1 aromatic heterocycles. The zero-order valence-electron chi connectivity index (χ0n) is 12.7. The number of nitrogens with one attached hydrogen (secondary N) is 1. The fraction of sp³-hybridized carbons (Fsp3) is 0.389. The van der Waals surface area contributed by atoms with E-state index in [1.54, 1.807) is 0 Å². The molecular weight excluding hydrogens is 258 g/mol. The Kier molecular flexibility index (Phi) is 4.63. The van der Waals surface area contributed by atoms with Crippen molar-refractivity contribution < 1.29 is 0 Å². The largest absolute Gasteiger partial charge is 0.316 e. The first-order valence-corrected chi connectivity index (χ1v) is 7.72. The Morgan fingerprint density at radius 3 is 2.76 bits per heavy atom. The van der Waals surface area contributed by atoms with Gasteiger partial charge in [0.05, 0.1) is 5.69 Å². The molecule has 3 nitrogen and oxygen atoms in total. The minimum atomic E-state index is 0.879. The van der Waals surface area contributed by atoms with Crippen LogP contribution in [0, 0.1) is 0 Å². The summed E-state index contributed by atoms with van der Waals surface area (Å²) < 4.78 is 0. The molecule has 110 valence electrons. The predicted molar refractivity (Wildman–Crippen MR) is 85.9 cm³/mol. The lowest BCUT2D eigenvalue weighted by atomic mass is 10.0. The van der Waals surface area contributed by atoms with Gasteiger partial charge in [0.25, 0.3) is 0 Å². The average molecular weight is 281 g/mol. The van der Waals surface area contributed by atoms with Crippen LogP contribution >= 0.6 is 0 Å². The van der Waals surface area contributed by atoms with Gasteiger partial charge in [-0.1, -0.05) is 30.3 Å². The standard InChI is InChI=1S/C18H23N3/c1-19-11-15-8-9-18(20-12-15)14-21-10-4-7-16-5-2-3-6-17(16)13-21/h2-3,5-6,8-9,12,19H,4,7,10-11,13-14H2,1H3. The lowest BCUT2D eigenvalue weighted by Crippen LogP contribution is -2.23. The SMILES string of the molecule is CNCc1ccc(CN2CCCc3ccccc3C2)nc1. The molecule has 0 saturated carbocycles. The molecule has 0 radical (unpaired) electrons. The molecule has 1 aliphatic rings. The topological polar surface area (TPSA) is 28.2 Å². The molecule has 2 aromatic rings. The average Bonchev–Trinajstić information content (AvgIpc) is 2.71. The highest BCUT2D eigenvalue weighted by atomic mass is 15.1. The van der Waals surface area contributed by atoms with Crippen LogP contribution in [-0.4, -0.2) is 23.5 Å². The normalized spacial score (nSPS) is 15.5. The van der Waals surface area contributed by atoms with Gasteiger partial charge < -0.3 is 5.32 Å². The Balaban J connectivity index is 1.67. The molecule has 3 rings (SSSR count). The van der Waals surface area contributed by atoms with Gasteiger partial charge in [0.1, 0.15) is 0 Å². The Bertz CT molecular complexity index is 577. The van der Waals surface area contributed by atoms with Crippen molar-refractivity contribution in [2.75, 3.05) is 13.6 Å². The smallest absolute Gasteiger partial charge is 0.0544 e. The fourth-order valence-corrected chi connectivity index (χ4v) is 2.99. The zero-order chi connectivity index (χ0) is 14.5. The second kappa shape index (κ2) is 6.83. The van der Waals surface area contributed by atoms with Crippen molar-refractivity contribution in [3.05, 3.63) is 65.0 Å². The first-order chi connectivity index (χ1) is 10.3. The predicted octanol–water partition coefficient (Wildman–Crippen LogP) is 2.75. The Labute approximate surface area is 127 Å². The molecule has 0 unspecified atom stereocenters. The van der Waals surface area contributed by atoms with Crippen LogP contribution in [0.15, 0.2) is 42.6 Å². The summed E-state index contributed by atoms with van der Waals surface area (Å²) in [4.78, 5) is 7.10. The van der Waals surface area contributed by atoms with Crippen molar-refractivity contribution in [1.29, 1.82) is 0 Å². The molecule has 1 aliphatic heterocycles. The van der Waals surface area contributed by atoms with Gasteiger partial charge in [0, 0.05) is 25.8 Å². The maximum Gasteiger partial charge on any atom is 0.0544 e. The second-order valence-corrected chi connectivity index (χ2v) is 5.77. The third kappa shape index (κ3) is 3.69. The summed E-state index contributed by atoms with van der Waals surface area (Å²) >= 11 is 0. The van der Waals surface area contributed by atoms with Crippen molar-refractivity contribution in [2.24, 2.45) is 0 Å². The van der Waals surface area contributed by atoms with E-state index in [1.165, 1.54) is 29.5 Å². The summed E-state index contributed by atoms with van der Waals surface area (Å²) in [5, 5.41) is 3.15. The highest BCUT2D eigenvalue weighted by molar-refractivity contribution is 5.28. The van der Waals surface area contributed by atoms with Crippen molar-refractivity contribution in [3.8, 4) is 0 Å². The molecule has 2 heterocycles. The summed E-state index contributed by atoms with van der Waals surface area (Å²) in [6.45, 7) is 4.00. The van der Waals surface area contributed by atoms with Crippen LogP contribution < -0.4 is 5.32 Å². The number of hydrogen-bond acceptors (Lipinski definition) is 3. The van der Waals surface area contributed by atoms with Crippen LogP contribution in [0.5, 0.6) is 0 Å². The Hall–Kier alpha value is -1.71. The highest BCUT2D eigenvalue weighted by Gasteiger charge is 2.14. The maximum atomic E-state index is 4.60. The van der Waals surface area contributed by atoms with E-state index in [-0.39, 0.29) is 0 Å². The van der Waals surface area contributed by atoms with Gasteiger partial charge in [-0.3, -0.25) is 9.88 Å². The lowest BCUT2D eigenvalue weighted by molar-refractivity contribution is 0.258. The van der Waals surface area contributed by atoms with E-state index < -0.39 is 0 Å². The van der Waals surface area contributed by atoms with E-state index >= 15 is 0 Å². The van der Waals surface area contributed by atoms with Gasteiger partial charge in [-0.05, 0) is 49.2 Å². The third-order valence-corrected chi connectivity index (χ3v) is 4.09. The number of aromatic nitrogens is 1. The van der Waals surface area contributed by atoms with Gasteiger partial charge in [0.15, 0.2) is 0 Å². The number of benzene rings is 1. The van der Waals surface area contributed by atoms with E-state index in [0.29, 0.717) is 0 Å². The molecule has 0 atom stereocenters. The third-order valence-electron chi connectivity index (χ3n) is 4.09. The van der Waals surface area contributed by atoms with Crippen molar-refractivity contribution in [2.45, 2.75) is 32.5 Å². The van der Waals surface area contributed by atoms with Gasteiger partial charge >= 0.3 is 0 Å². The summed E-state index contributed by atoms with van der Waals surface area (Å²) in [6.07, 6.45) is 4.41. The van der Waals surface area contributed by atoms with Crippen molar-refractivity contribution in [3.63, 3.8) is 0 Å². The molecule has 0 aliphatic carbocycles. The molecule has 21 heavy (non-hydrogen) atoms. The van der Waals surface area contributed by atoms with Crippen LogP contribution in [0.1, 0.15) is 28.8 Å². The summed E-state index contributed by atoms with van der Waals surface area (Å²) in [7, 11) is 1.96. The van der Waals surface area contributed by atoms with E-state index in [1.807, 2.05) is 13.2 Å². The van der Waals surface area contributed by atoms with E-state index in [9.17, 15) is 0 Å². The number of pyridine rings is 1. The van der Waals surface area contributed by atoms with Crippen LogP contribution in [-0.2, 0) is 26.1 Å². The van der Waals surface area contributed by atoms with Crippen LogP contribution in [0.2, 0.25) is 0 Å². The maximum absolute atomic E-state index is 4.60. The zero-order valence-corrected chi connectivity index (χ0v) is 12.7. The van der Waals surface area contributed by atoms with Crippen LogP contribution in [0.4, 0.5) is 0 Å². The molecule has 1 N–H and O–H groups in total. The van der Waals surface area contributed by atoms with E-state index in [2.05, 4.69) is 51.6 Å². The van der Waals surface area contributed by atoms with Crippen LogP contribution in [0.3, 0.4) is 0 Å². The summed E-state index contributed by atoms with van der Waals surface area (Å²) in [6, 6.07) is 13.2. The van der Waals surface area contributed by atoms with E-state index in [0.717, 1.165) is 31.9 Å². The molecular formula is C18H23N3. The van der Waals surface area contributed by atoms with Crippen molar-refractivity contribution in [1.82, 2.24) is 15.2 Å². The Morgan fingerprint density at radius 1 is 1.14 bits per heavy atom.